The summed E-state index contributed by atoms with van der Waals surface area (Å²) in [6.45, 7) is 0. The predicted molar refractivity (Wildman–Crippen MR) is 107 cm³/mol. The fourth-order valence-electron chi connectivity index (χ4n) is 2.93. The van der Waals surface area contributed by atoms with Crippen molar-refractivity contribution in [3.8, 4) is 17.0 Å². The zero-order valence-electron chi connectivity index (χ0n) is 15.1. The number of amides is 1. The second-order valence-electron chi connectivity index (χ2n) is 6.03. The number of pyridine rings is 1. The summed E-state index contributed by atoms with van der Waals surface area (Å²) < 4.78 is 10.4. The smallest absolute Gasteiger partial charge is 0.272 e. The van der Waals surface area contributed by atoms with Crippen LogP contribution in [0.1, 0.15) is 15.9 Å². The Hall–Kier alpha value is -3.93. The van der Waals surface area contributed by atoms with Crippen molar-refractivity contribution in [3.05, 3.63) is 84.3 Å². The molecule has 0 aliphatic carbocycles. The Labute approximate surface area is 161 Å². The van der Waals surface area contributed by atoms with Crippen LogP contribution < -0.4 is 10.2 Å². The third-order valence-electron chi connectivity index (χ3n) is 4.27. The average molecular weight is 371 g/mol. The number of para-hydroxylation sites is 2. The summed E-state index contributed by atoms with van der Waals surface area (Å²) in [6, 6.07) is 18.6. The molecule has 0 atom stereocenters. The second-order valence-corrected chi connectivity index (χ2v) is 6.03. The zero-order chi connectivity index (χ0) is 19.3. The maximum atomic E-state index is 12.8. The van der Waals surface area contributed by atoms with E-state index in [1.165, 1.54) is 12.5 Å². The molecule has 6 heteroatoms. The van der Waals surface area contributed by atoms with Gasteiger partial charge in [0.1, 0.15) is 5.75 Å². The van der Waals surface area contributed by atoms with Crippen molar-refractivity contribution in [1.29, 1.82) is 0 Å². The number of nitrogens with one attached hydrogen (secondary N) is 1. The molecule has 0 saturated heterocycles. The topological polar surface area (TPSA) is 76.7 Å². The molecule has 1 amide bonds. The number of rotatable bonds is 5. The number of hydrazone groups is 1. The summed E-state index contributed by atoms with van der Waals surface area (Å²) in [4.78, 5) is 17.5. The van der Waals surface area contributed by atoms with Crippen molar-refractivity contribution in [2.75, 3.05) is 7.11 Å². The lowest BCUT2D eigenvalue weighted by Gasteiger charge is -2.11. The van der Waals surface area contributed by atoms with E-state index in [1.54, 1.807) is 25.5 Å². The van der Waals surface area contributed by atoms with E-state index >= 15 is 0 Å². The van der Waals surface area contributed by atoms with Crippen LogP contribution in [0.25, 0.3) is 22.2 Å². The first kappa shape index (κ1) is 17.5. The molecule has 0 saturated carbocycles. The van der Waals surface area contributed by atoms with Crippen LogP contribution in [0.15, 0.2) is 82.7 Å². The third-order valence-corrected chi connectivity index (χ3v) is 4.27. The van der Waals surface area contributed by atoms with E-state index in [0.717, 1.165) is 22.0 Å². The fraction of sp³-hybridized carbons (Fsp3) is 0.0455. The molecular formula is C22H17N3O3. The minimum atomic E-state index is -0.325. The van der Waals surface area contributed by atoms with Gasteiger partial charge in [-0.1, -0.05) is 30.3 Å². The molecule has 0 bridgehead atoms. The summed E-state index contributed by atoms with van der Waals surface area (Å²) >= 11 is 0. The number of carbonyl (C=O) groups is 1. The van der Waals surface area contributed by atoms with Gasteiger partial charge in [-0.25, -0.2) is 10.4 Å². The Morgan fingerprint density at radius 3 is 2.79 bits per heavy atom. The molecule has 2 aromatic carbocycles. The van der Waals surface area contributed by atoms with E-state index < -0.39 is 0 Å². The molecule has 28 heavy (non-hydrogen) atoms. The molecule has 4 rings (SSSR count). The van der Waals surface area contributed by atoms with E-state index in [-0.39, 0.29) is 5.91 Å². The number of furan rings is 1. The van der Waals surface area contributed by atoms with Gasteiger partial charge < -0.3 is 9.15 Å². The molecule has 4 aromatic rings. The number of nitrogens with zero attached hydrogens (tertiary/aromatic N) is 2. The largest absolute Gasteiger partial charge is 0.496 e. The third kappa shape index (κ3) is 3.48. The number of aromatic nitrogens is 1. The van der Waals surface area contributed by atoms with Gasteiger partial charge in [0.2, 0.25) is 0 Å². The summed E-state index contributed by atoms with van der Waals surface area (Å²) in [5.74, 6) is 0.365. The Bertz CT molecular complexity index is 1150. The fourth-order valence-corrected chi connectivity index (χ4v) is 2.93. The van der Waals surface area contributed by atoms with E-state index in [9.17, 15) is 4.79 Å². The normalized spacial score (nSPS) is 11.0. The zero-order valence-corrected chi connectivity index (χ0v) is 15.1. The van der Waals surface area contributed by atoms with Gasteiger partial charge >= 0.3 is 0 Å². The van der Waals surface area contributed by atoms with E-state index in [1.807, 2.05) is 48.5 Å². The number of methoxy groups -OCH3 is 1. The molecule has 2 heterocycles. The van der Waals surface area contributed by atoms with Gasteiger partial charge in [-0.15, -0.1) is 0 Å². The number of carbonyl (C=O) groups excluding carboxylic acids is 1. The summed E-state index contributed by atoms with van der Waals surface area (Å²) in [6.07, 6.45) is 4.60. The lowest BCUT2D eigenvalue weighted by Crippen LogP contribution is -2.18. The molecule has 138 valence electrons. The SMILES string of the molecule is COc1ccccc1-c1cc(C(=O)N/N=C\c2ccoc2)c2ccccc2n1. The molecule has 0 unspecified atom stereocenters. The first-order chi connectivity index (χ1) is 13.8. The second kappa shape index (κ2) is 7.75. The summed E-state index contributed by atoms with van der Waals surface area (Å²) in [5.41, 5.74) is 5.99. The molecule has 1 N–H and O–H groups in total. The van der Waals surface area contributed by atoms with Gasteiger partial charge in [-0.2, -0.15) is 5.10 Å². The van der Waals surface area contributed by atoms with Gasteiger partial charge in [0, 0.05) is 16.5 Å². The highest BCUT2D eigenvalue weighted by molar-refractivity contribution is 6.07. The van der Waals surface area contributed by atoms with Gasteiger partial charge in [0.15, 0.2) is 0 Å². The Morgan fingerprint density at radius 1 is 1.14 bits per heavy atom. The van der Waals surface area contributed by atoms with Crippen LogP contribution in [-0.2, 0) is 0 Å². The van der Waals surface area contributed by atoms with Crippen molar-refractivity contribution in [1.82, 2.24) is 10.4 Å². The van der Waals surface area contributed by atoms with Crippen LogP contribution in [0, 0.1) is 0 Å². The molecule has 2 aromatic heterocycles. The lowest BCUT2D eigenvalue weighted by atomic mass is 10.0. The minimum absolute atomic E-state index is 0.325. The average Bonchev–Trinajstić information content (AvgIpc) is 3.26. The highest BCUT2D eigenvalue weighted by Gasteiger charge is 2.15. The van der Waals surface area contributed by atoms with Crippen LogP contribution in [0.2, 0.25) is 0 Å². The molecular weight excluding hydrogens is 354 g/mol. The van der Waals surface area contributed by atoms with Crippen molar-refractivity contribution in [3.63, 3.8) is 0 Å². The van der Waals surface area contributed by atoms with Crippen LogP contribution in [0.3, 0.4) is 0 Å². The molecule has 0 radical (unpaired) electrons. The van der Waals surface area contributed by atoms with Crippen molar-refractivity contribution in [2.24, 2.45) is 5.10 Å². The van der Waals surface area contributed by atoms with Crippen molar-refractivity contribution < 1.29 is 13.9 Å². The Morgan fingerprint density at radius 2 is 1.96 bits per heavy atom. The number of hydrogen-bond donors (Lipinski definition) is 1. The maximum Gasteiger partial charge on any atom is 0.272 e. The number of benzene rings is 2. The van der Waals surface area contributed by atoms with Gasteiger partial charge in [-0.05, 0) is 30.3 Å². The highest BCUT2D eigenvalue weighted by atomic mass is 16.5. The van der Waals surface area contributed by atoms with E-state index in [4.69, 9.17) is 14.1 Å². The number of hydrogen-bond acceptors (Lipinski definition) is 5. The van der Waals surface area contributed by atoms with E-state index in [2.05, 4.69) is 10.5 Å². The van der Waals surface area contributed by atoms with Crippen LogP contribution in [-0.4, -0.2) is 24.2 Å². The molecule has 6 nitrogen and oxygen atoms in total. The minimum Gasteiger partial charge on any atom is -0.496 e. The summed E-state index contributed by atoms with van der Waals surface area (Å²) in [5, 5.41) is 4.75. The molecule has 0 aliphatic heterocycles. The monoisotopic (exact) mass is 371 g/mol. The lowest BCUT2D eigenvalue weighted by molar-refractivity contribution is 0.0956. The first-order valence-corrected chi connectivity index (χ1v) is 8.65. The number of ether oxygens (including phenoxy) is 1. The van der Waals surface area contributed by atoms with Gasteiger partial charge in [0.25, 0.3) is 5.91 Å². The highest BCUT2D eigenvalue weighted by Crippen LogP contribution is 2.31. The maximum absolute atomic E-state index is 12.8. The van der Waals surface area contributed by atoms with E-state index in [0.29, 0.717) is 17.0 Å². The standard InChI is InChI=1S/C22H17N3O3/c1-27-21-9-5-3-7-17(21)20-12-18(16-6-2-4-8-19(16)24-20)22(26)25-23-13-15-10-11-28-14-15/h2-14H,1H3,(H,25,26)/b23-13-. The van der Waals surface area contributed by atoms with Gasteiger partial charge in [-0.3, -0.25) is 4.79 Å². The number of fused-ring (bicyclic) bond motifs is 1. The Balaban J connectivity index is 1.75. The molecule has 0 spiro atoms. The van der Waals surface area contributed by atoms with Crippen LogP contribution >= 0.6 is 0 Å². The van der Waals surface area contributed by atoms with Crippen LogP contribution in [0.4, 0.5) is 0 Å². The van der Waals surface area contributed by atoms with Crippen LogP contribution in [0.5, 0.6) is 5.75 Å². The van der Waals surface area contributed by atoms with Crippen molar-refractivity contribution >= 4 is 23.0 Å². The molecule has 0 fully saturated rings. The van der Waals surface area contributed by atoms with Crippen molar-refractivity contribution in [2.45, 2.75) is 0 Å². The molecule has 0 aliphatic rings. The quantitative estimate of drug-likeness (QED) is 0.420. The Kier molecular flexibility index (Phi) is 4.84. The summed E-state index contributed by atoms with van der Waals surface area (Å²) in [7, 11) is 1.61. The van der Waals surface area contributed by atoms with Gasteiger partial charge in [0.05, 0.1) is 42.6 Å². The predicted octanol–water partition coefficient (Wildman–Crippen LogP) is 4.27. The first-order valence-electron chi connectivity index (χ1n) is 8.65.